The van der Waals surface area contributed by atoms with E-state index in [-0.39, 0.29) is 20.3 Å². The first-order chi connectivity index (χ1) is 17.2. The van der Waals surface area contributed by atoms with Gasteiger partial charge in [-0.25, -0.2) is 0 Å². The number of rotatable bonds is 9. The van der Waals surface area contributed by atoms with Crippen LogP contribution in [-0.4, -0.2) is 56.7 Å². The van der Waals surface area contributed by atoms with Crippen molar-refractivity contribution in [2.75, 3.05) is 0 Å². The summed E-state index contributed by atoms with van der Waals surface area (Å²) in [6.45, 7) is 4.28. The Hall–Kier alpha value is -3.38. The van der Waals surface area contributed by atoms with Crippen LogP contribution in [0.3, 0.4) is 0 Å². The van der Waals surface area contributed by atoms with Crippen molar-refractivity contribution in [2.24, 2.45) is 0 Å². The number of carboxylic acid groups (broad SMARTS) is 1. The summed E-state index contributed by atoms with van der Waals surface area (Å²) in [5.74, 6) is -0.707. The number of hydrogen-bond acceptors (Lipinski definition) is 4. The summed E-state index contributed by atoms with van der Waals surface area (Å²) < 4.78 is 1.48. The third-order valence-electron chi connectivity index (χ3n) is 5.81. The van der Waals surface area contributed by atoms with Gasteiger partial charge in [-0.3, -0.25) is 0 Å². The fraction of sp³-hybridized carbons (Fsp3) is 0.143. The Morgan fingerprint density at radius 3 is 2.39 bits per heavy atom. The maximum absolute atomic E-state index is 13.1. The Morgan fingerprint density at radius 1 is 0.972 bits per heavy atom. The molecule has 0 bridgehead atoms. The van der Waals surface area contributed by atoms with Crippen molar-refractivity contribution in [3.63, 3.8) is 0 Å². The van der Waals surface area contributed by atoms with Gasteiger partial charge in [-0.1, -0.05) is 0 Å². The quantitative estimate of drug-likeness (QED) is 0.287. The average Bonchev–Trinajstić information content (AvgIpc) is 3.30. The van der Waals surface area contributed by atoms with Crippen LogP contribution < -0.4 is 8.70 Å². The number of para-hydroxylation sites is 1. The number of aromatic amines is 1. The van der Waals surface area contributed by atoms with Gasteiger partial charge in [0, 0.05) is 0 Å². The van der Waals surface area contributed by atoms with Crippen LogP contribution in [-0.2, 0) is 11.2 Å². The van der Waals surface area contributed by atoms with E-state index in [1.807, 2.05) is 36.4 Å². The molecule has 1 heterocycles. The molecule has 180 valence electrons. The van der Waals surface area contributed by atoms with Crippen molar-refractivity contribution in [1.82, 2.24) is 4.98 Å². The zero-order valence-corrected chi connectivity index (χ0v) is 24.0. The van der Waals surface area contributed by atoms with Crippen molar-refractivity contribution in [2.45, 2.75) is 26.2 Å². The minimum atomic E-state index is -1.48. The summed E-state index contributed by atoms with van der Waals surface area (Å²) in [6, 6.07) is 22.0. The van der Waals surface area contributed by atoms with E-state index < -0.39 is 37.5 Å². The zero-order chi connectivity index (χ0) is 25.8. The van der Waals surface area contributed by atoms with Gasteiger partial charge in [-0.05, 0) is 0 Å². The maximum atomic E-state index is 13.1. The molecule has 8 heteroatoms. The van der Waals surface area contributed by atoms with Crippen LogP contribution in [0.4, 0.5) is 0 Å². The summed E-state index contributed by atoms with van der Waals surface area (Å²) in [4.78, 5) is 40.8. The molecule has 2 atom stereocenters. The molecule has 0 aliphatic heterocycles. The molecular formula is C28H24As2N2O4. The molecule has 0 saturated heterocycles. The normalized spacial score (nSPS) is 11.6. The van der Waals surface area contributed by atoms with Crippen molar-refractivity contribution in [1.29, 1.82) is 5.26 Å². The summed E-state index contributed by atoms with van der Waals surface area (Å²) in [5.41, 5.74) is 3.71. The van der Waals surface area contributed by atoms with E-state index in [9.17, 15) is 19.5 Å². The number of aromatic carboxylic acids is 1. The molecule has 36 heavy (non-hydrogen) atoms. The number of fused-ring (bicyclic) bond motifs is 1. The number of carbonyl (C=O) groups is 3. The summed E-state index contributed by atoms with van der Waals surface area (Å²) in [6.07, 6.45) is 0.393. The molecule has 0 fully saturated rings. The van der Waals surface area contributed by atoms with E-state index in [1.54, 1.807) is 12.1 Å². The zero-order valence-electron chi connectivity index (χ0n) is 19.8. The summed E-state index contributed by atoms with van der Waals surface area (Å²) in [7, 11) is 0. The van der Waals surface area contributed by atoms with Crippen molar-refractivity contribution in [3.05, 3.63) is 94.7 Å². The number of benzene rings is 3. The number of nitrogens with zero attached hydrogens (tertiary/aromatic N) is 1. The average molecular weight is 602 g/mol. The van der Waals surface area contributed by atoms with Gasteiger partial charge in [0.05, 0.1) is 0 Å². The van der Waals surface area contributed by atoms with E-state index in [0.29, 0.717) is 22.4 Å². The second kappa shape index (κ2) is 11.1. The second-order valence-electron chi connectivity index (χ2n) is 8.71. The predicted molar refractivity (Wildman–Crippen MR) is 144 cm³/mol. The van der Waals surface area contributed by atoms with E-state index in [1.165, 1.54) is 17.7 Å². The van der Waals surface area contributed by atoms with Gasteiger partial charge in [-0.15, -0.1) is 0 Å². The van der Waals surface area contributed by atoms with Crippen LogP contribution in [0.2, 0.25) is 0 Å². The standard InChI is InChI=1S/C28H24As2N2O4/c1-16(2)19-9-6-17(7-10-19)13-25(33)29-23-5-3-4-20-14-24(32-26(20)23)27(34)30-22-11-8-18(15-31)12-21(22)28(35)36/h3-12,14,16,29-30,32H,13H2,1-2H3,(H,35,36). The monoisotopic (exact) mass is 602 g/mol. The number of aromatic nitrogens is 1. The van der Waals surface area contributed by atoms with Crippen LogP contribution in [0.15, 0.2) is 66.7 Å². The van der Waals surface area contributed by atoms with Gasteiger partial charge >= 0.3 is 223 Å². The van der Waals surface area contributed by atoms with Gasteiger partial charge < -0.3 is 0 Å². The molecule has 0 aliphatic carbocycles. The molecule has 0 saturated carbocycles. The number of H-pyrrole nitrogens is 1. The molecule has 6 nitrogen and oxygen atoms in total. The fourth-order valence-corrected chi connectivity index (χ4v) is 8.28. The first kappa shape index (κ1) is 25.7. The third kappa shape index (κ3) is 5.87. The second-order valence-corrected chi connectivity index (χ2v) is 14.1. The van der Waals surface area contributed by atoms with Crippen LogP contribution >= 0.6 is 0 Å². The molecule has 3 aromatic carbocycles. The van der Waals surface area contributed by atoms with Crippen molar-refractivity contribution >= 4 is 66.2 Å². The molecule has 2 unspecified atom stereocenters. The molecule has 0 spiro atoms. The molecule has 0 aliphatic rings. The van der Waals surface area contributed by atoms with Crippen molar-refractivity contribution in [3.8, 4) is 6.07 Å². The number of carbonyl (C=O) groups excluding carboxylic acids is 2. The third-order valence-corrected chi connectivity index (χ3v) is 10.7. The topological polar surface area (TPSA) is 111 Å². The van der Waals surface area contributed by atoms with Gasteiger partial charge in [0.1, 0.15) is 0 Å². The molecule has 4 aromatic rings. The molecule has 0 radical (unpaired) electrons. The molecule has 1 aromatic heterocycles. The van der Waals surface area contributed by atoms with E-state index in [4.69, 9.17) is 5.26 Å². The van der Waals surface area contributed by atoms with Gasteiger partial charge in [0.2, 0.25) is 0 Å². The number of nitrogens with one attached hydrogen (secondary N) is 1. The van der Waals surface area contributed by atoms with Crippen LogP contribution in [0, 0.1) is 11.3 Å². The molecule has 2 N–H and O–H groups in total. The molecule has 0 amide bonds. The summed E-state index contributed by atoms with van der Waals surface area (Å²) >= 11 is -2.58. The Balaban J connectivity index is 1.52. The van der Waals surface area contributed by atoms with Crippen LogP contribution in [0.25, 0.3) is 10.9 Å². The Kier molecular flexibility index (Phi) is 7.94. The molecular weight excluding hydrogens is 578 g/mol. The summed E-state index contributed by atoms with van der Waals surface area (Å²) in [5, 5.41) is 19.4. The first-order valence-corrected chi connectivity index (χ1v) is 15.5. The van der Waals surface area contributed by atoms with Gasteiger partial charge in [0.25, 0.3) is 0 Å². The Bertz CT molecular complexity index is 1520. The van der Waals surface area contributed by atoms with E-state index in [0.717, 1.165) is 20.8 Å². The van der Waals surface area contributed by atoms with Gasteiger partial charge in [-0.2, -0.15) is 0 Å². The Labute approximate surface area is 222 Å². The van der Waals surface area contributed by atoms with Crippen LogP contribution in [0.5, 0.6) is 0 Å². The number of nitriles is 1. The van der Waals surface area contributed by atoms with Crippen LogP contribution in [0.1, 0.15) is 57.3 Å². The van der Waals surface area contributed by atoms with Crippen molar-refractivity contribution < 1.29 is 19.5 Å². The predicted octanol–water partition coefficient (Wildman–Crippen LogP) is 2.59. The number of carboxylic acids is 1. The van der Waals surface area contributed by atoms with E-state index >= 15 is 0 Å². The first-order valence-electron chi connectivity index (χ1n) is 11.3. The molecule has 4 rings (SSSR count). The number of hydrogen-bond donors (Lipinski definition) is 2. The van der Waals surface area contributed by atoms with E-state index in [2.05, 4.69) is 31.0 Å². The van der Waals surface area contributed by atoms with Gasteiger partial charge in [0.15, 0.2) is 0 Å². The fourth-order valence-electron chi connectivity index (χ4n) is 3.87. The SMILES string of the molecule is CC(C)c1ccc(CC(=O)[AsH]c2cccc3cc(C(=O)[AsH]c4ccc(C#N)cc4C(=O)O)[nH]c23)cc1. The Morgan fingerprint density at radius 2 is 1.72 bits per heavy atom. The minimum absolute atomic E-state index is 0.00195.